The third kappa shape index (κ3) is 5.94. The van der Waals surface area contributed by atoms with Crippen LogP contribution in [0.5, 0.6) is 5.75 Å². The molecule has 0 N–H and O–H groups in total. The van der Waals surface area contributed by atoms with Gasteiger partial charge in [-0.25, -0.2) is 0 Å². The Morgan fingerprint density at radius 2 is 1.59 bits per heavy atom. The van der Waals surface area contributed by atoms with E-state index < -0.39 is 0 Å². The molecule has 0 heterocycles. The van der Waals surface area contributed by atoms with Gasteiger partial charge in [-0.05, 0) is 37.2 Å². The van der Waals surface area contributed by atoms with Crippen LogP contribution >= 0.6 is 12.4 Å². The fourth-order valence-corrected chi connectivity index (χ4v) is 1.65. The van der Waals surface area contributed by atoms with Crippen molar-refractivity contribution < 1.29 is 4.74 Å². The Labute approximate surface area is 111 Å². The monoisotopic (exact) mass is 257 g/mol. The van der Waals surface area contributed by atoms with E-state index in [0.717, 1.165) is 38.4 Å². The lowest BCUT2D eigenvalue weighted by molar-refractivity contribution is 0.223. The zero-order chi connectivity index (χ0) is 11.8. The van der Waals surface area contributed by atoms with E-state index in [0.29, 0.717) is 0 Å². The third-order valence-corrected chi connectivity index (χ3v) is 2.90. The molecule has 0 radical (unpaired) electrons. The fourth-order valence-electron chi connectivity index (χ4n) is 1.65. The highest BCUT2D eigenvalue weighted by Crippen LogP contribution is 2.12. The molecule has 0 fully saturated rings. The number of halogens is 1. The molecule has 0 saturated heterocycles. The van der Waals surface area contributed by atoms with Crippen molar-refractivity contribution in [2.24, 2.45) is 0 Å². The van der Waals surface area contributed by atoms with Gasteiger partial charge in [0.05, 0.1) is 0 Å². The normalized spacial score (nSPS) is 10.1. The van der Waals surface area contributed by atoms with Crippen LogP contribution in [0.2, 0.25) is 0 Å². The number of hydrogen-bond acceptors (Lipinski definition) is 2. The molecule has 1 aromatic carbocycles. The van der Waals surface area contributed by atoms with Crippen molar-refractivity contribution in [3.63, 3.8) is 0 Å². The zero-order valence-corrected chi connectivity index (χ0v) is 11.9. The molecule has 3 heteroatoms. The number of likely N-dealkylation sites (N-methyl/N-ethyl adjacent to an activating group) is 1. The molecule has 0 bridgehead atoms. The molecule has 17 heavy (non-hydrogen) atoms. The van der Waals surface area contributed by atoms with Crippen molar-refractivity contribution in [1.82, 2.24) is 4.90 Å². The number of rotatable bonds is 7. The average Bonchev–Trinajstić information content (AvgIpc) is 2.35. The first kappa shape index (κ1) is 16.3. The second-order valence-electron chi connectivity index (χ2n) is 3.87. The first-order valence-corrected chi connectivity index (χ1v) is 6.24. The SMILES string of the molecule is CCc1ccc(OCCN(CC)CC)cc1.Cl. The highest BCUT2D eigenvalue weighted by atomic mass is 35.5. The molecule has 0 aliphatic carbocycles. The molecule has 0 unspecified atom stereocenters. The van der Waals surface area contributed by atoms with Crippen molar-refractivity contribution >= 4 is 12.4 Å². The standard InChI is InChI=1S/C14H23NO.ClH/c1-4-13-7-9-14(10-8-13)16-12-11-15(5-2)6-3;/h7-10H,4-6,11-12H2,1-3H3;1H. The summed E-state index contributed by atoms with van der Waals surface area (Å²) in [6, 6.07) is 8.38. The van der Waals surface area contributed by atoms with Gasteiger partial charge in [-0.3, -0.25) is 0 Å². The largest absolute Gasteiger partial charge is 0.492 e. The summed E-state index contributed by atoms with van der Waals surface area (Å²) in [6.45, 7) is 10.5. The van der Waals surface area contributed by atoms with Crippen LogP contribution in [0.1, 0.15) is 26.3 Å². The zero-order valence-electron chi connectivity index (χ0n) is 11.1. The minimum atomic E-state index is 0. The summed E-state index contributed by atoms with van der Waals surface area (Å²) in [5, 5.41) is 0. The van der Waals surface area contributed by atoms with E-state index in [2.05, 4.69) is 49.9 Å². The summed E-state index contributed by atoms with van der Waals surface area (Å²) >= 11 is 0. The Kier molecular flexibility index (Phi) is 8.92. The molecule has 0 aromatic heterocycles. The van der Waals surface area contributed by atoms with Crippen LogP contribution in [0, 0.1) is 0 Å². The Balaban J connectivity index is 0.00000256. The molecule has 0 saturated carbocycles. The molecule has 2 nitrogen and oxygen atoms in total. The predicted octanol–water partition coefficient (Wildman–Crippen LogP) is 3.39. The van der Waals surface area contributed by atoms with Crippen molar-refractivity contribution in [1.29, 1.82) is 0 Å². The molecule has 1 rings (SSSR count). The van der Waals surface area contributed by atoms with E-state index in [1.807, 2.05) is 0 Å². The fraction of sp³-hybridized carbons (Fsp3) is 0.571. The molecule has 0 spiro atoms. The lowest BCUT2D eigenvalue weighted by Crippen LogP contribution is -2.27. The molecular formula is C14H24ClNO. The van der Waals surface area contributed by atoms with Crippen LogP contribution in [-0.2, 0) is 6.42 Å². The maximum atomic E-state index is 5.70. The van der Waals surface area contributed by atoms with Crippen LogP contribution in [0.4, 0.5) is 0 Å². The summed E-state index contributed by atoms with van der Waals surface area (Å²) in [4.78, 5) is 2.36. The molecule has 0 aliphatic rings. The minimum absolute atomic E-state index is 0. The van der Waals surface area contributed by atoms with Crippen LogP contribution in [0.3, 0.4) is 0 Å². The highest BCUT2D eigenvalue weighted by Gasteiger charge is 1.99. The van der Waals surface area contributed by atoms with Gasteiger partial charge in [0.25, 0.3) is 0 Å². The van der Waals surface area contributed by atoms with Gasteiger partial charge in [-0.1, -0.05) is 32.9 Å². The second-order valence-corrected chi connectivity index (χ2v) is 3.87. The van der Waals surface area contributed by atoms with Crippen LogP contribution in [-0.4, -0.2) is 31.1 Å². The van der Waals surface area contributed by atoms with E-state index in [4.69, 9.17) is 4.74 Å². The summed E-state index contributed by atoms with van der Waals surface area (Å²) in [5.41, 5.74) is 1.36. The maximum Gasteiger partial charge on any atom is 0.119 e. The lowest BCUT2D eigenvalue weighted by Gasteiger charge is -2.18. The van der Waals surface area contributed by atoms with Crippen molar-refractivity contribution in [2.45, 2.75) is 27.2 Å². The van der Waals surface area contributed by atoms with Crippen LogP contribution in [0.25, 0.3) is 0 Å². The number of nitrogens with zero attached hydrogens (tertiary/aromatic N) is 1. The van der Waals surface area contributed by atoms with Crippen LogP contribution in [0.15, 0.2) is 24.3 Å². The number of hydrogen-bond donors (Lipinski definition) is 0. The van der Waals surface area contributed by atoms with E-state index in [-0.39, 0.29) is 12.4 Å². The minimum Gasteiger partial charge on any atom is -0.492 e. The topological polar surface area (TPSA) is 12.5 Å². The summed E-state index contributed by atoms with van der Waals surface area (Å²) in [5.74, 6) is 0.976. The first-order chi connectivity index (χ1) is 7.80. The van der Waals surface area contributed by atoms with E-state index in [1.165, 1.54) is 5.56 Å². The summed E-state index contributed by atoms with van der Waals surface area (Å²) in [7, 11) is 0. The first-order valence-electron chi connectivity index (χ1n) is 6.24. The lowest BCUT2D eigenvalue weighted by atomic mass is 10.2. The molecule has 1 aromatic rings. The van der Waals surface area contributed by atoms with Gasteiger partial charge in [-0.2, -0.15) is 0 Å². The Bertz CT molecular complexity index is 283. The Morgan fingerprint density at radius 1 is 1.00 bits per heavy atom. The van der Waals surface area contributed by atoms with E-state index in [1.54, 1.807) is 0 Å². The van der Waals surface area contributed by atoms with E-state index in [9.17, 15) is 0 Å². The van der Waals surface area contributed by atoms with Gasteiger partial charge in [0, 0.05) is 6.54 Å². The Hall–Kier alpha value is -0.730. The molecule has 98 valence electrons. The summed E-state index contributed by atoms with van der Waals surface area (Å²) < 4.78 is 5.70. The highest BCUT2D eigenvalue weighted by molar-refractivity contribution is 5.85. The maximum absolute atomic E-state index is 5.70. The van der Waals surface area contributed by atoms with Crippen molar-refractivity contribution in [2.75, 3.05) is 26.2 Å². The Morgan fingerprint density at radius 3 is 2.06 bits per heavy atom. The van der Waals surface area contributed by atoms with Gasteiger partial charge in [0.2, 0.25) is 0 Å². The molecule has 0 atom stereocenters. The third-order valence-electron chi connectivity index (χ3n) is 2.90. The van der Waals surface area contributed by atoms with Gasteiger partial charge in [0.15, 0.2) is 0 Å². The van der Waals surface area contributed by atoms with Gasteiger partial charge < -0.3 is 9.64 Å². The van der Waals surface area contributed by atoms with Crippen molar-refractivity contribution in [3.05, 3.63) is 29.8 Å². The molecular weight excluding hydrogens is 234 g/mol. The molecule has 0 amide bonds. The van der Waals surface area contributed by atoms with Crippen molar-refractivity contribution in [3.8, 4) is 5.75 Å². The van der Waals surface area contributed by atoms with Gasteiger partial charge >= 0.3 is 0 Å². The predicted molar refractivity (Wildman–Crippen MR) is 76.4 cm³/mol. The van der Waals surface area contributed by atoms with E-state index >= 15 is 0 Å². The quantitative estimate of drug-likeness (QED) is 0.743. The van der Waals surface area contributed by atoms with Gasteiger partial charge in [-0.15, -0.1) is 12.4 Å². The number of benzene rings is 1. The molecule has 0 aliphatic heterocycles. The smallest absolute Gasteiger partial charge is 0.119 e. The average molecular weight is 258 g/mol. The second kappa shape index (κ2) is 9.32. The van der Waals surface area contributed by atoms with Crippen LogP contribution < -0.4 is 4.74 Å². The number of ether oxygens (including phenoxy) is 1. The summed E-state index contributed by atoms with van der Waals surface area (Å²) in [6.07, 6.45) is 1.08. The van der Waals surface area contributed by atoms with Gasteiger partial charge in [0.1, 0.15) is 12.4 Å². The number of aryl methyl sites for hydroxylation is 1.